The summed E-state index contributed by atoms with van der Waals surface area (Å²) in [7, 11) is 0. The van der Waals surface area contributed by atoms with Crippen LogP contribution in [0.2, 0.25) is 0 Å². The molecule has 2 heterocycles. The van der Waals surface area contributed by atoms with E-state index in [0.29, 0.717) is 11.0 Å². The van der Waals surface area contributed by atoms with Crippen LogP contribution in [0.25, 0.3) is 11.0 Å². The van der Waals surface area contributed by atoms with Gasteiger partial charge in [0.1, 0.15) is 11.0 Å². The number of nitrogens with zero attached hydrogens (tertiary/aromatic N) is 2. The lowest BCUT2D eigenvalue weighted by Gasteiger charge is -2.08. The summed E-state index contributed by atoms with van der Waals surface area (Å²) in [5, 5.41) is 19.1. The molecule has 2 aromatic rings. The van der Waals surface area contributed by atoms with Crippen LogP contribution in [-0.2, 0) is 0 Å². The van der Waals surface area contributed by atoms with Gasteiger partial charge in [-0.3, -0.25) is 0 Å². The number of hydrogen-bond acceptors (Lipinski definition) is 6. The van der Waals surface area contributed by atoms with Crippen molar-refractivity contribution in [3.8, 4) is 11.5 Å². The third-order valence-electron chi connectivity index (χ3n) is 2.01. The zero-order valence-electron chi connectivity index (χ0n) is 7.70. The van der Waals surface area contributed by atoms with E-state index in [0.717, 1.165) is 0 Å². The maximum absolute atomic E-state index is 9.56. The highest BCUT2D eigenvalue weighted by Crippen LogP contribution is 2.41. The van der Waals surface area contributed by atoms with Crippen molar-refractivity contribution in [3.05, 3.63) is 8.95 Å². The van der Waals surface area contributed by atoms with Crippen molar-refractivity contribution in [1.29, 1.82) is 0 Å². The fraction of sp³-hybridized carbons (Fsp3) is 0. The van der Waals surface area contributed by atoms with Gasteiger partial charge in [0.25, 0.3) is 0 Å². The second-order valence-electron chi connectivity index (χ2n) is 3.02. The van der Waals surface area contributed by atoms with E-state index in [-0.39, 0.29) is 32.1 Å². The summed E-state index contributed by atoms with van der Waals surface area (Å²) >= 11 is 6.27. The van der Waals surface area contributed by atoms with Crippen LogP contribution < -0.4 is 11.5 Å². The summed E-state index contributed by atoms with van der Waals surface area (Å²) in [6.07, 6.45) is 0. The molecule has 16 heavy (non-hydrogen) atoms. The van der Waals surface area contributed by atoms with Gasteiger partial charge >= 0.3 is 0 Å². The van der Waals surface area contributed by atoms with Crippen LogP contribution in [-0.4, -0.2) is 20.2 Å². The number of nitrogens with two attached hydrogens (primary N) is 2. The molecule has 0 saturated carbocycles. The van der Waals surface area contributed by atoms with E-state index in [1.807, 2.05) is 0 Å². The molecule has 0 spiro atoms. The zero-order valence-corrected chi connectivity index (χ0v) is 10.9. The maximum atomic E-state index is 9.56. The lowest BCUT2D eigenvalue weighted by Crippen LogP contribution is -1.98. The molecular formula is C8H6Br2N4O2. The van der Waals surface area contributed by atoms with Gasteiger partial charge in [-0.1, -0.05) is 0 Å². The molecule has 2 rings (SSSR count). The van der Waals surface area contributed by atoms with Crippen molar-refractivity contribution in [1.82, 2.24) is 9.97 Å². The molecule has 0 saturated heterocycles. The zero-order chi connectivity index (χ0) is 12.0. The molecule has 84 valence electrons. The van der Waals surface area contributed by atoms with Crippen LogP contribution in [0.1, 0.15) is 0 Å². The third kappa shape index (κ3) is 1.45. The summed E-state index contributed by atoms with van der Waals surface area (Å²) in [5.41, 5.74) is 11.6. The van der Waals surface area contributed by atoms with Gasteiger partial charge in [0.05, 0.1) is 8.95 Å². The van der Waals surface area contributed by atoms with Crippen molar-refractivity contribution in [2.24, 2.45) is 0 Å². The number of halogens is 2. The topological polar surface area (TPSA) is 118 Å². The third-order valence-corrected chi connectivity index (χ3v) is 3.51. The number of fused-ring (bicyclic) bond motifs is 1. The largest absolute Gasteiger partial charge is 0.503 e. The lowest BCUT2D eigenvalue weighted by atomic mass is 10.3. The van der Waals surface area contributed by atoms with E-state index in [1.54, 1.807) is 0 Å². The van der Waals surface area contributed by atoms with Crippen LogP contribution in [0.4, 0.5) is 11.6 Å². The smallest absolute Gasteiger partial charge is 0.174 e. The van der Waals surface area contributed by atoms with E-state index in [2.05, 4.69) is 41.8 Å². The monoisotopic (exact) mass is 348 g/mol. The van der Waals surface area contributed by atoms with Crippen LogP contribution in [0.15, 0.2) is 8.95 Å². The minimum absolute atomic E-state index is 0.0638. The summed E-state index contributed by atoms with van der Waals surface area (Å²) in [6, 6.07) is 0. The summed E-state index contributed by atoms with van der Waals surface area (Å²) in [4.78, 5) is 7.82. The fourth-order valence-corrected chi connectivity index (χ4v) is 2.17. The normalized spacial score (nSPS) is 10.9. The number of aromatic hydroxyl groups is 2. The molecule has 0 aliphatic rings. The van der Waals surface area contributed by atoms with Gasteiger partial charge in [-0.25, -0.2) is 9.97 Å². The molecule has 6 nitrogen and oxygen atoms in total. The molecule has 0 aliphatic carbocycles. The van der Waals surface area contributed by atoms with Crippen molar-refractivity contribution in [2.75, 3.05) is 11.5 Å². The second kappa shape index (κ2) is 3.63. The first-order chi connectivity index (χ1) is 7.43. The number of nitrogen functional groups attached to an aromatic ring is 2. The van der Waals surface area contributed by atoms with Crippen LogP contribution >= 0.6 is 31.9 Å². The standard InChI is InChI=1S/C8H6Br2N4O2/c9-1-3-4(14-7(11)5(1)15)2(10)6(16)8(12)13-3/h15-16H,(H2,12,13)(H2,11,14). The van der Waals surface area contributed by atoms with Crippen molar-refractivity contribution in [2.45, 2.75) is 0 Å². The van der Waals surface area contributed by atoms with Crippen LogP contribution in [0.3, 0.4) is 0 Å². The number of anilines is 2. The summed E-state index contributed by atoms with van der Waals surface area (Å²) in [6.45, 7) is 0. The molecule has 0 bridgehead atoms. The molecule has 2 aromatic heterocycles. The Bertz CT molecular complexity index is 549. The molecule has 0 amide bonds. The van der Waals surface area contributed by atoms with Crippen molar-refractivity contribution < 1.29 is 10.2 Å². The predicted molar refractivity (Wildman–Crippen MR) is 67.1 cm³/mol. The Morgan fingerprint density at radius 3 is 1.44 bits per heavy atom. The molecule has 0 aliphatic heterocycles. The molecule has 0 unspecified atom stereocenters. The number of hydrogen-bond donors (Lipinski definition) is 4. The van der Waals surface area contributed by atoms with Crippen LogP contribution in [0.5, 0.6) is 11.5 Å². The quantitative estimate of drug-likeness (QED) is 0.575. The maximum Gasteiger partial charge on any atom is 0.174 e. The summed E-state index contributed by atoms with van der Waals surface area (Å²) in [5.74, 6) is -0.550. The molecule has 0 radical (unpaired) electrons. The number of rotatable bonds is 0. The number of aromatic nitrogens is 2. The summed E-state index contributed by atoms with van der Waals surface area (Å²) < 4.78 is 0.560. The molecule has 6 N–H and O–H groups in total. The van der Waals surface area contributed by atoms with E-state index in [4.69, 9.17) is 11.5 Å². The minimum Gasteiger partial charge on any atom is -0.503 e. The average molecular weight is 350 g/mol. The van der Waals surface area contributed by atoms with Gasteiger partial charge in [-0.2, -0.15) is 0 Å². The fourth-order valence-electron chi connectivity index (χ4n) is 1.21. The lowest BCUT2D eigenvalue weighted by molar-refractivity contribution is 0.470. The van der Waals surface area contributed by atoms with Gasteiger partial charge < -0.3 is 21.7 Å². The Hall–Kier alpha value is -1.28. The van der Waals surface area contributed by atoms with E-state index in [1.165, 1.54) is 0 Å². The van der Waals surface area contributed by atoms with Gasteiger partial charge in [0, 0.05) is 0 Å². The van der Waals surface area contributed by atoms with Crippen molar-refractivity contribution >= 4 is 54.5 Å². The first-order valence-corrected chi connectivity index (χ1v) is 5.63. The Balaban J connectivity index is 3.02. The average Bonchev–Trinajstić information content (AvgIpc) is 2.25. The van der Waals surface area contributed by atoms with Crippen LogP contribution in [0, 0.1) is 0 Å². The molecule has 0 fully saturated rings. The Morgan fingerprint density at radius 1 is 0.812 bits per heavy atom. The molecule has 0 aromatic carbocycles. The Kier molecular flexibility index (Phi) is 2.55. The highest BCUT2D eigenvalue weighted by molar-refractivity contribution is 9.11. The first-order valence-electron chi connectivity index (χ1n) is 4.05. The SMILES string of the molecule is Nc1nc2c(Br)c(O)c(N)nc2c(Br)c1O. The molecule has 8 heteroatoms. The highest BCUT2D eigenvalue weighted by Gasteiger charge is 2.17. The van der Waals surface area contributed by atoms with E-state index in [9.17, 15) is 10.2 Å². The van der Waals surface area contributed by atoms with Gasteiger partial charge in [0.15, 0.2) is 23.1 Å². The Labute approximate surface area is 107 Å². The number of pyridine rings is 2. The van der Waals surface area contributed by atoms with Gasteiger partial charge in [0.2, 0.25) is 0 Å². The van der Waals surface area contributed by atoms with E-state index >= 15 is 0 Å². The first kappa shape index (κ1) is 11.2. The van der Waals surface area contributed by atoms with Gasteiger partial charge in [-0.05, 0) is 31.9 Å². The second-order valence-corrected chi connectivity index (χ2v) is 4.60. The molecule has 0 atom stereocenters. The predicted octanol–water partition coefficient (Wildman–Crippen LogP) is 1.73. The van der Waals surface area contributed by atoms with Gasteiger partial charge in [-0.15, -0.1) is 0 Å². The van der Waals surface area contributed by atoms with E-state index < -0.39 is 0 Å². The van der Waals surface area contributed by atoms with Crippen molar-refractivity contribution in [3.63, 3.8) is 0 Å². The molecular weight excluding hydrogens is 344 g/mol. The minimum atomic E-state index is -0.211. The Morgan fingerprint density at radius 2 is 1.12 bits per heavy atom. The highest BCUT2D eigenvalue weighted by atomic mass is 79.9.